The molecule has 0 N–H and O–H groups in total. The highest BCUT2D eigenvalue weighted by Gasteiger charge is 2.18. The summed E-state index contributed by atoms with van der Waals surface area (Å²) in [6.07, 6.45) is 1.97. The third kappa shape index (κ3) is 2.64. The van der Waals surface area contributed by atoms with Crippen molar-refractivity contribution in [1.29, 1.82) is 0 Å². The predicted octanol–water partition coefficient (Wildman–Crippen LogP) is 3.94. The lowest BCUT2D eigenvalue weighted by Gasteiger charge is -2.09. The van der Waals surface area contributed by atoms with Crippen molar-refractivity contribution in [3.8, 4) is 0 Å². The number of ketones is 1. The zero-order valence-electron chi connectivity index (χ0n) is 13.3. The summed E-state index contributed by atoms with van der Waals surface area (Å²) in [6.45, 7) is 6.46. The van der Waals surface area contributed by atoms with E-state index in [0.29, 0.717) is 6.54 Å². The Morgan fingerprint density at radius 3 is 2.32 bits per heavy atom. The highest BCUT2D eigenvalue weighted by Crippen LogP contribution is 2.17. The number of pyridine rings is 1. The van der Waals surface area contributed by atoms with Gasteiger partial charge in [-0.3, -0.25) is 4.79 Å². The number of benzene rings is 2. The molecule has 0 aliphatic heterocycles. The molecule has 0 amide bonds. The number of carbonyl (C=O) groups excluding carboxylic acids is 1. The van der Waals surface area contributed by atoms with E-state index >= 15 is 0 Å². The van der Waals surface area contributed by atoms with Crippen molar-refractivity contribution in [3.05, 3.63) is 77.0 Å². The van der Waals surface area contributed by atoms with Crippen LogP contribution in [0, 0.1) is 20.8 Å². The molecule has 0 atom stereocenters. The molecule has 2 aromatic carbocycles. The molecule has 0 bridgehead atoms. The summed E-state index contributed by atoms with van der Waals surface area (Å²) >= 11 is 0. The second kappa shape index (κ2) is 5.72. The van der Waals surface area contributed by atoms with Gasteiger partial charge in [-0.1, -0.05) is 29.8 Å². The van der Waals surface area contributed by atoms with Crippen LogP contribution in [0.15, 0.2) is 54.7 Å². The topological polar surface area (TPSA) is 20.9 Å². The summed E-state index contributed by atoms with van der Waals surface area (Å²) in [6, 6.07) is 16.4. The molecule has 1 aromatic heterocycles. The first-order chi connectivity index (χ1) is 10.6. The van der Waals surface area contributed by atoms with E-state index in [1.54, 1.807) is 0 Å². The maximum Gasteiger partial charge on any atom is 0.228 e. The zero-order chi connectivity index (χ0) is 15.7. The standard InChI is InChI=1S/C20H20NO/c1-14-11-15(2)20(16(3)12-14)19(22)13-21-10-6-8-17-7-4-5-9-18(17)21/h4-12H,13H2,1-3H3/q+1. The third-order valence-electron chi connectivity index (χ3n) is 4.06. The molecule has 0 fully saturated rings. The van der Waals surface area contributed by atoms with Crippen LogP contribution in [-0.4, -0.2) is 5.78 Å². The predicted molar refractivity (Wildman–Crippen MR) is 89.1 cm³/mol. The molecule has 1 heterocycles. The minimum atomic E-state index is 0.163. The van der Waals surface area contributed by atoms with Gasteiger partial charge in [-0.25, -0.2) is 0 Å². The van der Waals surface area contributed by atoms with Crippen LogP contribution in [0.25, 0.3) is 10.9 Å². The Balaban J connectivity index is 2.01. The van der Waals surface area contributed by atoms with Gasteiger partial charge in [0, 0.05) is 23.1 Å². The molecule has 22 heavy (non-hydrogen) atoms. The van der Waals surface area contributed by atoms with Gasteiger partial charge in [-0.2, -0.15) is 4.57 Å². The fourth-order valence-corrected chi connectivity index (χ4v) is 3.21. The van der Waals surface area contributed by atoms with E-state index in [4.69, 9.17) is 0 Å². The van der Waals surface area contributed by atoms with Crippen molar-refractivity contribution in [3.63, 3.8) is 0 Å². The Labute approximate surface area is 131 Å². The number of Topliss-reactive ketones (excluding diaryl/α,β-unsaturated/α-hetero) is 1. The molecule has 0 aliphatic rings. The van der Waals surface area contributed by atoms with Crippen LogP contribution in [0.2, 0.25) is 0 Å². The van der Waals surface area contributed by atoms with E-state index in [9.17, 15) is 4.79 Å². The van der Waals surface area contributed by atoms with Gasteiger partial charge in [0.2, 0.25) is 17.8 Å². The zero-order valence-corrected chi connectivity index (χ0v) is 13.3. The monoisotopic (exact) mass is 290 g/mol. The smallest absolute Gasteiger partial charge is 0.228 e. The molecule has 0 spiro atoms. The van der Waals surface area contributed by atoms with Gasteiger partial charge in [-0.15, -0.1) is 0 Å². The summed E-state index contributed by atoms with van der Waals surface area (Å²) in [5.74, 6) is 0.163. The van der Waals surface area contributed by atoms with Gasteiger partial charge in [0.25, 0.3) is 0 Å². The first-order valence-electron chi connectivity index (χ1n) is 7.54. The lowest BCUT2D eigenvalue weighted by molar-refractivity contribution is -0.657. The second-order valence-corrected chi connectivity index (χ2v) is 5.89. The average Bonchev–Trinajstić information content (AvgIpc) is 2.46. The number of nitrogens with zero attached hydrogens (tertiary/aromatic N) is 1. The van der Waals surface area contributed by atoms with Gasteiger partial charge < -0.3 is 0 Å². The second-order valence-electron chi connectivity index (χ2n) is 5.89. The largest absolute Gasteiger partial charge is 0.287 e. The Hall–Kier alpha value is -2.48. The first kappa shape index (κ1) is 14.5. The third-order valence-corrected chi connectivity index (χ3v) is 4.06. The fourth-order valence-electron chi connectivity index (χ4n) is 3.21. The van der Waals surface area contributed by atoms with Crippen LogP contribution in [-0.2, 0) is 6.54 Å². The molecular weight excluding hydrogens is 270 g/mol. The van der Waals surface area contributed by atoms with E-state index in [1.165, 1.54) is 5.56 Å². The SMILES string of the molecule is Cc1cc(C)c(C(=O)C[n+]2cccc3ccccc32)c(C)c1. The number of hydrogen-bond acceptors (Lipinski definition) is 1. The van der Waals surface area contributed by atoms with E-state index in [2.05, 4.69) is 37.3 Å². The number of para-hydroxylation sites is 1. The fraction of sp³-hybridized carbons (Fsp3) is 0.200. The molecule has 0 saturated carbocycles. The highest BCUT2D eigenvalue weighted by molar-refractivity contribution is 5.98. The van der Waals surface area contributed by atoms with Crippen molar-refractivity contribution in [2.24, 2.45) is 0 Å². The minimum Gasteiger partial charge on any atom is -0.287 e. The summed E-state index contributed by atoms with van der Waals surface area (Å²) in [7, 11) is 0. The Morgan fingerprint density at radius 2 is 1.59 bits per heavy atom. The van der Waals surface area contributed by atoms with Crippen LogP contribution in [0.3, 0.4) is 0 Å². The highest BCUT2D eigenvalue weighted by atomic mass is 16.1. The maximum absolute atomic E-state index is 12.8. The van der Waals surface area contributed by atoms with E-state index in [0.717, 1.165) is 27.6 Å². The molecule has 2 heteroatoms. The molecular formula is C20H20NO+. The van der Waals surface area contributed by atoms with E-state index < -0.39 is 0 Å². The van der Waals surface area contributed by atoms with Crippen LogP contribution in [0.4, 0.5) is 0 Å². The molecule has 2 nitrogen and oxygen atoms in total. The Morgan fingerprint density at radius 1 is 0.955 bits per heavy atom. The number of hydrogen-bond donors (Lipinski definition) is 0. The maximum atomic E-state index is 12.8. The lowest BCUT2D eigenvalue weighted by atomic mass is 9.96. The normalized spacial score (nSPS) is 10.9. The van der Waals surface area contributed by atoms with Crippen LogP contribution in [0.5, 0.6) is 0 Å². The van der Waals surface area contributed by atoms with E-state index in [-0.39, 0.29) is 5.78 Å². The number of rotatable bonds is 3. The summed E-state index contributed by atoms with van der Waals surface area (Å²) in [5, 5.41) is 1.15. The summed E-state index contributed by atoms with van der Waals surface area (Å²) in [5.41, 5.74) is 5.25. The van der Waals surface area contributed by atoms with Gasteiger partial charge >= 0.3 is 0 Å². The number of carbonyl (C=O) groups is 1. The van der Waals surface area contributed by atoms with Crippen molar-refractivity contribution in [1.82, 2.24) is 0 Å². The van der Waals surface area contributed by atoms with Gasteiger partial charge in [-0.05, 0) is 44.0 Å². The van der Waals surface area contributed by atoms with Crippen molar-refractivity contribution in [2.45, 2.75) is 27.3 Å². The molecule has 0 unspecified atom stereocenters. The quantitative estimate of drug-likeness (QED) is 0.529. The van der Waals surface area contributed by atoms with E-state index in [1.807, 2.05) is 42.8 Å². The first-order valence-corrected chi connectivity index (χ1v) is 7.54. The van der Waals surface area contributed by atoms with Crippen molar-refractivity contribution >= 4 is 16.7 Å². The van der Waals surface area contributed by atoms with Gasteiger partial charge in [0.05, 0.1) is 0 Å². The van der Waals surface area contributed by atoms with Crippen LogP contribution >= 0.6 is 0 Å². The van der Waals surface area contributed by atoms with Gasteiger partial charge in [0.15, 0.2) is 6.20 Å². The molecule has 0 radical (unpaired) electrons. The lowest BCUT2D eigenvalue weighted by Crippen LogP contribution is -2.38. The number of fused-ring (bicyclic) bond motifs is 1. The summed E-state index contributed by atoms with van der Waals surface area (Å²) in [4.78, 5) is 12.8. The van der Waals surface area contributed by atoms with Crippen molar-refractivity contribution < 1.29 is 9.36 Å². The van der Waals surface area contributed by atoms with Crippen molar-refractivity contribution in [2.75, 3.05) is 0 Å². The Kier molecular flexibility index (Phi) is 3.76. The number of aromatic nitrogens is 1. The molecule has 0 aliphatic carbocycles. The van der Waals surface area contributed by atoms with Crippen LogP contribution in [0.1, 0.15) is 27.0 Å². The Bertz CT molecular complexity index is 836. The molecule has 3 rings (SSSR count). The van der Waals surface area contributed by atoms with Gasteiger partial charge in [0.1, 0.15) is 0 Å². The van der Waals surface area contributed by atoms with Crippen LogP contribution < -0.4 is 4.57 Å². The number of aryl methyl sites for hydroxylation is 3. The molecule has 3 aromatic rings. The molecule has 110 valence electrons. The minimum absolute atomic E-state index is 0.163. The molecule has 0 saturated heterocycles. The summed E-state index contributed by atoms with van der Waals surface area (Å²) < 4.78 is 2.02. The average molecular weight is 290 g/mol.